The first-order chi connectivity index (χ1) is 17.1. The van der Waals surface area contributed by atoms with Gasteiger partial charge in [-0.3, -0.25) is 14.7 Å². The van der Waals surface area contributed by atoms with E-state index in [0.717, 1.165) is 11.2 Å². The molecule has 0 saturated carbocycles. The van der Waals surface area contributed by atoms with E-state index in [4.69, 9.17) is 9.72 Å². The van der Waals surface area contributed by atoms with Crippen molar-refractivity contribution in [3.05, 3.63) is 82.4 Å². The number of urea groups is 1. The van der Waals surface area contributed by atoms with Crippen LogP contribution in [0, 0.1) is 10.1 Å². The molecule has 1 heterocycles. The molecule has 0 aliphatic rings. The van der Waals surface area contributed by atoms with Crippen LogP contribution in [0.25, 0.3) is 16.7 Å². The number of para-hydroxylation sites is 1. The third-order valence-corrected chi connectivity index (χ3v) is 6.20. The van der Waals surface area contributed by atoms with Crippen LogP contribution in [-0.4, -0.2) is 33.2 Å². The van der Waals surface area contributed by atoms with Crippen LogP contribution >= 0.6 is 11.8 Å². The number of nitro benzene ring substituents is 1. The van der Waals surface area contributed by atoms with Crippen LogP contribution < -0.4 is 15.4 Å². The number of methoxy groups -OCH3 is 1. The molecule has 0 bridgehead atoms. The molecule has 3 aromatic carbocycles. The van der Waals surface area contributed by atoms with Gasteiger partial charge in [0.2, 0.25) is 0 Å². The maximum absolute atomic E-state index is 12.3. The molecule has 0 unspecified atom stereocenters. The summed E-state index contributed by atoms with van der Waals surface area (Å²) in [6, 6.07) is 19.7. The second-order valence-electron chi connectivity index (χ2n) is 9.14. The van der Waals surface area contributed by atoms with E-state index in [1.54, 1.807) is 13.2 Å². The van der Waals surface area contributed by atoms with Gasteiger partial charge < -0.3 is 15.4 Å². The molecule has 0 saturated heterocycles. The molecule has 2 N–H and O–H groups in total. The predicted molar refractivity (Wildman–Crippen MR) is 142 cm³/mol. The number of aromatic nitrogens is 2. The molecule has 0 atom stereocenters. The molecule has 0 aliphatic heterocycles. The summed E-state index contributed by atoms with van der Waals surface area (Å²) >= 11 is 1.45. The van der Waals surface area contributed by atoms with Crippen molar-refractivity contribution in [3.8, 4) is 11.4 Å². The number of nitro groups is 1. The molecule has 0 spiro atoms. The molecule has 0 aliphatic carbocycles. The van der Waals surface area contributed by atoms with E-state index in [0.29, 0.717) is 33.4 Å². The summed E-state index contributed by atoms with van der Waals surface area (Å²) in [7, 11) is 1.54. The number of amides is 2. The van der Waals surface area contributed by atoms with Crippen LogP contribution in [0.5, 0.6) is 5.75 Å². The summed E-state index contributed by atoms with van der Waals surface area (Å²) in [5.74, 6) is 0.993. The lowest BCUT2D eigenvalue weighted by atomic mass is 10.1. The highest BCUT2D eigenvalue weighted by atomic mass is 32.2. The van der Waals surface area contributed by atoms with Crippen molar-refractivity contribution in [1.82, 2.24) is 14.9 Å². The molecule has 0 fully saturated rings. The Bertz CT molecular complexity index is 1410. The van der Waals surface area contributed by atoms with Gasteiger partial charge in [0.15, 0.2) is 5.16 Å². The molecule has 4 rings (SSSR count). The molecule has 4 aromatic rings. The number of fused-ring (bicyclic) bond motifs is 1. The van der Waals surface area contributed by atoms with Gasteiger partial charge in [-0.25, -0.2) is 9.78 Å². The number of carbonyl (C=O) groups is 1. The molecule has 0 radical (unpaired) electrons. The highest BCUT2D eigenvalue weighted by Gasteiger charge is 2.18. The second-order valence-corrected chi connectivity index (χ2v) is 10.1. The van der Waals surface area contributed by atoms with Gasteiger partial charge in [-0.2, -0.15) is 0 Å². The molecule has 186 valence electrons. The summed E-state index contributed by atoms with van der Waals surface area (Å²) in [4.78, 5) is 28.0. The highest BCUT2D eigenvalue weighted by molar-refractivity contribution is 7.98. The summed E-state index contributed by atoms with van der Waals surface area (Å²) in [5.41, 5.74) is 3.48. The number of imidazole rings is 1. The van der Waals surface area contributed by atoms with Crippen molar-refractivity contribution in [2.24, 2.45) is 0 Å². The minimum absolute atomic E-state index is 0.00668. The third-order valence-electron chi connectivity index (χ3n) is 5.22. The van der Waals surface area contributed by atoms with Crippen LogP contribution in [-0.2, 0) is 5.75 Å². The fraction of sp³-hybridized carbons (Fsp3) is 0.231. The van der Waals surface area contributed by atoms with Crippen LogP contribution in [0.2, 0.25) is 0 Å². The largest absolute Gasteiger partial charge is 0.496 e. The van der Waals surface area contributed by atoms with Crippen molar-refractivity contribution in [2.45, 2.75) is 37.2 Å². The van der Waals surface area contributed by atoms with Crippen LogP contribution in [0.15, 0.2) is 71.9 Å². The molecular weight excluding hydrogens is 478 g/mol. The summed E-state index contributed by atoms with van der Waals surface area (Å²) in [5, 5.41) is 17.7. The first-order valence-corrected chi connectivity index (χ1v) is 12.2. The zero-order valence-electron chi connectivity index (χ0n) is 20.4. The number of rotatable bonds is 7. The van der Waals surface area contributed by atoms with Gasteiger partial charge in [0.25, 0.3) is 5.69 Å². The first kappa shape index (κ1) is 25.1. The maximum atomic E-state index is 12.3. The van der Waals surface area contributed by atoms with Gasteiger partial charge in [0.1, 0.15) is 5.75 Å². The van der Waals surface area contributed by atoms with Crippen LogP contribution in [0.1, 0.15) is 26.3 Å². The van der Waals surface area contributed by atoms with Crippen LogP contribution in [0.3, 0.4) is 0 Å². The molecule has 36 heavy (non-hydrogen) atoms. The average Bonchev–Trinajstić information content (AvgIpc) is 3.19. The van der Waals surface area contributed by atoms with Crippen molar-refractivity contribution in [2.75, 3.05) is 12.4 Å². The fourth-order valence-electron chi connectivity index (χ4n) is 3.70. The topological polar surface area (TPSA) is 111 Å². The number of hydrogen-bond acceptors (Lipinski definition) is 6. The minimum atomic E-state index is -0.419. The van der Waals surface area contributed by atoms with Gasteiger partial charge >= 0.3 is 6.03 Å². The number of non-ortho nitro benzene ring substituents is 1. The lowest BCUT2D eigenvalue weighted by molar-refractivity contribution is -0.384. The smallest absolute Gasteiger partial charge is 0.319 e. The Morgan fingerprint density at radius 2 is 1.86 bits per heavy atom. The number of benzene rings is 3. The number of carbonyl (C=O) groups excluding carboxylic acids is 1. The van der Waals surface area contributed by atoms with E-state index < -0.39 is 4.92 Å². The summed E-state index contributed by atoms with van der Waals surface area (Å²) in [6.07, 6.45) is 0. The molecule has 2 amide bonds. The Hall–Kier alpha value is -4.05. The number of nitrogens with zero attached hydrogens (tertiary/aromatic N) is 3. The SMILES string of the molecule is COc1ccc([N+](=O)[O-])cc1CSc1nc2cc(NC(=O)NC(C)(C)C)ccc2n1-c1ccccc1. The third kappa shape index (κ3) is 5.77. The van der Waals surface area contributed by atoms with Gasteiger partial charge in [-0.1, -0.05) is 30.0 Å². The summed E-state index contributed by atoms with van der Waals surface area (Å²) in [6.45, 7) is 5.74. The summed E-state index contributed by atoms with van der Waals surface area (Å²) < 4.78 is 7.45. The van der Waals surface area contributed by atoms with E-state index in [1.165, 1.54) is 23.9 Å². The van der Waals surface area contributed by atoms with Crippen LogP contribution in [0.4, 0.5) is 16.2 Å². The van der Waals surface area contributed by atoms with Crippen molar-refractivity contribution >= 4 is 40.2 Å². The zero-order valence-corrected chi connectivity index (χ0v) is 21.3. The van der Waals surface area contributed by atoms with E-state index in [-0.39, 0.29) is 17.3 Å². The van der Waals surface area contributed by atoms with Crippen molar-refractivity contribution < 1.29 is 14.5 Å². The number of ether oxygens (including phenoxy) is 1. The number of thioether (sulfide) groups is 1. The number of anilines is 1. The molecular formula is C26H27N5O4S. The quantitative estimate of drug-likeness (QED) is 0.177. The first-order valence-electron chi connectivity index (χ1n) is 11.3. The Labute approximate surface area is 213 Å². The number of nitrogens with one attached hydrogen (secondary N) is 2. The fourth-order valence-corrected chi connectivity index (χ4v) is 4.70. The van der Waals surface area contributed by atoms with E-state index in [9.17, 15) is 14.9 Å². The van der Waals surface area contributed by atoms with Gasteiger partial charge in [-0.15, -0.1) is 0 Å². The Balaban J connectivity index is 1.69. The van der Waals surface area contributed by atoms with Crippen molar-refractivity contribution in [3.63, 3.8) is 0 Å². The van der Waals surface area contributed by atoms with Crippen molar-refractivity contribution in [1.29, 1.82) is 0 Å². The molecule has 1 aromatic heterocycles. The monoisotopic (exact) mass is 505 g/mol. The van der Waals surface area contributed by atoms with Gasteiger partial charge in [0.05, 0.1) is 23.1 Å². The minimum Gasteiger partial charge on any atom is -0.496 e. The van der Waals surface area contributed by atoms with Gasteiger partial charge in [-0.05, 0) is 57.2 Å². The lowest BCUT2D eigenvalue weighted by Gasteiger charge is -2.20. The zero-order chi connectivity index (χ0) is 25.9. The van der Waals surface area contributed by atoms with Gasteiger partial charge in [0, 0.05) is 40.4 Å². The predicted octanol–water partition coefficient (Wildman–Crippen LogP) is 6.15. The normalized spacial score (nSPS) is 11.3. The standard InChI is InChI=1S/C26H27N5O4S/c1-26(2,3)29-24(32)27-18-10-12-22-21(15-18)28-25(30(22)19-8-6-5-7-9-19)36-16-17-14-20(31(33)34)11-13-23(17)35-4/h5-15H,16H2,1-4H3,(H2,27,29,32). The molecule has 9 nitrogen and oxygen atoms in total. The maximum Gasteiger partial charge on any atom is 0.319 e. The highest BCUT2D eigenvalue weighted by Crippen LogP contribution is 2.34. The lowest BCUT2D eigenvalue weighted by Crippen LogP contribution is -2.43. The Kier molecular flexibility index (Phi) is 7.16. The Morgan fingerprint density at radius 1 is 1.11 bits per heavy atom. The average molecular weight is 506 g/mol. The van der Waals surface area contributed by atoms with E-state index in [1.807, 2.05) is 73.9 Å². The number of hydrogen-bond donors (Lipinski definition) is 2. The van der Waals surface area contributed by atoms with E-state index >= 15 is 0 Å². The second kappa shape index (κ2) is 10.3. The Morgan fingerprint density at radius 3 is 2.53 bits per heavy atom. The van der Waals surface area contributed by atoms with E-state index in [2.05, 4.69) is 10.6 Å². The molecule has 10 heteroatoms.